The van der Waals surface area contributed by atoms with Gasteiger partial charge in [-0.2, -0.15) is 0 Å². The zero-order chi connectivity index (χ0) is 5.28. The summed E-state index contributed by atoms with van der Waals surface area (Å²) in [4.78, 5) is 0. The van der Waals surface area contributed by atoms with Gasteiger partial charge < -0.3 is 15.2 Å². The van der Waals surface area contributed by atoms with Gasteiger partial charge in [-0.25, -0.2) is 0 Å². The maximum atomic E-state index is 5.19. The molecule has 0 bridgehead atoms. The molecule has 42 valence electrons. The van der Waals surface area contributed by atoms with Gasteiger partial charge in [0.25, 0.3) is 0 Å². The van der Waals surface area contributed by atoms with Gasteiger partial charge in [0.2, 0.25) is 0 Å². The molecule has 0 aromatic carbocycles. The number of nitrogens with two attached hydrogens (primary N) is 1. The summed E-state index contributed by atoms with van der Waals surface area (Å²) in [5.74, 6) is 0. The van der Waals surface area contributed by atoms with Gasteiger partial charge in [0.1, 0.15) is 6.10 Å². The van der Waals surface area contributed by atoms with Crippen LogP contribution < -0.4 is 5.73 Å². The summed E-state index contributed by atoms with van der Waals surface area (Å²) in [6.45, 7) is 0.568. The Labute approximate surface area is 42.4 Å². The van der Waals surface area contributed by atoms with E-state index < -0.39 is 0 Å². The van der Waals surface area contributed by atoms with Crippen LogP contribution in [0.2, 0.25) is 0 Å². The average Bonchev–Trinajstić information content (AvgIpc) is 2.43. The molecule has 1 saturated heterocycles. The van der Waals surface area contributed by atoms with Crippen LogP contribution in [-0.4, -0.2) is 26.0 Å². The summed E-state index contributed by atoms with van der Waals surface area (Å²) in [6, 6.07) is 0. The molecule has 3 nitrogen and oxygen atoms in total. The van der Waals surface area contributed by atoms with Crippen molar-refractivity contribution in [3.05, 3.63) is 0 Å². The standard InChI is InChI=1S/C4H9NO2/c1-6-4-3(2-5)7-4/h3-4H,2,5H2,1H3. The lowest BCUT2D eigenvalue weighted by Crippen LogP contribution is -2.09. The molecule has 2 unspecified atom stereocenters. The van der Waals surface area contributed by atoms with Crippen LogP contribution in [0.4, 0.5) is 0 Å². The normalized spacial score (nSPS) is 38.6. The van der Waals surface area contributed by atoms with Crippen molar-refractivity contribution in [3.63, 3.8) is 0 Å². The lowest BCUT2D eigenvalue weighted by Gasteiger charge is -1.82. The number of hydrogen-bond acceptors (Lipinski definition) is 3. The quantitative estimate of drug-likeness (QED) is 0.471. The van der Waals surface area contributed by atoms with Crippen molar-refractivity contribution in [2.75, 3.05) is 13.7 Å². The smallest absolute Gasteiger partial charge is 0.185 e. The molecule has 0 spiro atoms. The first-order valence-corrected chi connectivity index (χ1v) is 2.27. The van der Waals surface area contributed by atoms with Crippen LogP contribution in [0.25, 0.3) is 0 Å². The first-order chi connectivity index (χ1) is 3.38. The third-order valence-electron chi connectivity index (χ3n) is 1.00. The molecule has 2 N–H and O–H groups in total. The molecule has 1 rings (SSSR count). The van der Waals surface area contributed by atoms with E-state index in [1.807, 2.05) is 0 Å². The van der Waals surface area contributed by atoms with Crippen molar-refractivity contribution < 1.29 is 9.47 Å². The molecule has 0 saturated carbocycles. The zero-order valence-corrected chi connectivity index (χ0v) is 4.26. The van der Waals surface area contributed by atoms with E-state index in [4.69, 9.17) is 15.2 Å². The number of rotatable bonds is 2. The zero-order valence-electron chi connectivity index (χ0n) is 4.26. The topological polar surface area (TPSA) is 47.8 Å². The van der Waals surface area contributed by atoms with Crippen LogP contribution >= 0.6 is 0 Å². The van der Waals surface area contributed by atoms with Crippen molar-refractivity contribution in [1.82, 2.24) is 0 Å². The second-order valence-electron chi connectivity index (χ2n) is 1.51. The minimum absolute atomic E-state index is 0.00926. The molecule has 1 aliphatic rings. The molecule has 0 aromatic rings. The Morgan fingerprint density at radius 2 is 2.57 bits per heavy atom. The molecule has 0 aromatic heterocycles. The highest BCUT2D eigenvalue weighted by Gasteiger charge is 2.37. The van der Waals surface area contributed by atoms with E-state index in [1.165, 1.54) is 0 Å². The molecular weight excluding hydrogens is 94.0 g/mol. The van der Waals surface area contributed by atoms with Crippen molar-refractivity contribution in [2.24, 2.45) is 5.73 Å². The second kappa shape index (κ2) is 1.78. The van der Waals surface area contributed by atoms with Crippen molar-refractivity contribution in [2.45, 2.75) is 12.4 Å². The fraction of sp³-hybridized carbons (Fsp3) is 1.00. The van der Waals surface area contributed by atoms with Crippen LogP contribution in [0.5, 0.6) is 0 Å². The Bertz CT molecular complexity index is 58.7. The predicted octanol–water partition coefficient (Wildman–Crippen LogP) is -0.684. The Morgan fingerprint density at radius 1 is 1.86 bits per heavy atom. The Hall–Kier alpha value is -0.120. The first-order valence-electron chi connectivity index (χ1n) is 2.27. The number of ether oxygens (including phenoxy) is 2. The third-order valence-corrected chi connectivity index (χ3v) is 1.00. The van der Waals surface area contributed by atoms with Crippen LogP contribution in [-0.2, 0) is 9.47 Å². The number of hydrogen-bond donors (Lipinski definition) is 1. The molecule has 0 aliphatic carbocycles. The van der Waals surface area contributed by atoms with Gasteiger partial charge in [-0.1, -0.05) is 0 Å². The molecule has 0 radical (unpaired) electrons. The number of epoxide rings is 1. The summed E-state index contributed by atoms with van der Waals surface area (Å²) in [7, 11) is 1.61. The van der Waals surface area contributed by atoms with Crippen LogP contribution in [0.15, 0.2) is 0 Å². The largest absolute Gasteiger partial charge is 0.353 e. The highest BCUT2D eigenvalue weighted by atomic mass is 16.8. The van der Waals surface area contributed by atoms with Gasteiger partial charge in [-0.3, -0.25) is 0 Å². The molecule has 1 fully saturated rings. The van der Waals surface area contributed by atoms with E-state index in [9.17, 15) is 0 Å². The van der Waals surface area contributed by atoms with Gasteiger partial charge in [0, 0.05) is 13.7 Å². The highest BCUT2D eigenvalue weighted by Crippen LogP contribution is 2.19. The molecule has 1 aliphatic heterocycles. The van der Waals surface area contributed by atoms with E-state index in [-0.39, 0.29) is 12.4 Å². The maximum Gasteiger partial charge on any atom is 0.185 e. The maximum absolute atomic E-state index is 5.19. The lowest BCUT2D eigenvalue weighted by atomic mass is 10.5. The summed E-state index contributed by atoms with van der Waals surface area (Å²) >= 11 is 0. The number of methoxy groups -OCH3 is 1. The van der Waals surface area contributed by atoms with Gasteiger partial charge in [0.15, 0.2) is 6.29 Å². The molecule has 7 heavy (non-hydrogen) atoms. The first kappa shape index (κ1) is 5.03. The van der Waals surface area contributed by atoms with Crippen LogP contribution in [0.1, 0.15) is 0 Å². The average molecular weight is 103 g/mol. The SMILES string of the molecule is COC1OC1CN. The second-order valence-corrected chi connectivity index (χ2v) is 1.51. The predicted molar refractivity (Wildman–Crippen MR) is 24.7 cm³/mol. The van der Waals surface area contributed by atoms with E-state index in [0.717, 1.165) is 0 Å². The molecular formula is C4H9NO2. The summed E-state index contributed by atoms with van der Waals surface area (Å²) in [6.07, 6.45) is 0.162. The summed E-state index contributed by atoms with van der Waals surface area (Å²) < 4.78 is 9.63. The minimum atomic E-state index is -0.00926. The van der Waals surface area contributed by atoms with Crippen molar-refractivity contribution in [3.8, 4) is 0 Å². The fourth-order valence-electron chi connectivity index (χ4n) is 0.501. The molecule has 3 heteroatoms. The third kappa shape index (κ3) is 0.907. The minimum Gasteiger partial charge on any atom is -0.353 e. The monoisotopic (exact) mass is 103 g/mol. The fourth-order valence-corrected chi connectivity index (χ4v) is 0.501. The van der Waals surface area contributed by atoms with Gasteiger partial charge in [-0.15, -0.1) is 0 Å². The molecule has 0 amide bonds. The van der Waals surface area contributed by atoms with Gasteiger partial charge >= 0.3 is 0 Å². The van der Waals surface area contributed by atoms with Crippen LogP contribution in [0, 0.1) is 0 Å². The Morgan fingerprint density at radius 3 is 2.71 bits per heavy atom. The molecule has 1 heterocycles. The summed E-state index contributed by atoms with van der Waals surface area (Å²) in [5, 5.41) is 0. The van der Waals surface area contributed by atoms with Crippen molar-refractivity contribution >= 4 is 0 Å². The molecule has 2 atom stereocenters. The van der Waals surface area contributed by atoms with E-state index >= 15 is 0 Å². The van der Waals surface area contributed by atoms with E-state index in [2.05, 4.69) is 0 Å². The lowest BCUT2D eigenvalue weighted by molar-refractivity contribution is 0.0950. The highest BCUT2D eigenvalue weighted by molar-refractivity contribution is 4.76. The van der Waals surface area contributed by atoms with E-state index in [0.29, 0.717) is 6.54 Å². The van der Waals surface area contributed by atoms with Gasteiger partial charge in [-0.05, 0) is 0 Å². The van der Waals surface area contributed by atoms with Crippen molar-refractivity contribution in [1.29, 1.82) is 0 Å². The Kier molecular flexibility index (Phi) is 1.27. The Balaban J connectivity index is 2.06. The van der Waals surface area contributed by atoms with E-state index in [1.54, 1.807) is 7.11 Å². The van der Waals surface area contributed by atoms with Gasteiger partial charge in [0.05, 0.1) is 0 Å². The summed E-state index contributed by atoms with van der Waals surface area (Å²) in [5.41, 5.74) is 5.19. The van der Waals surface area contributed by atoms with Crippen LogP contribution in [0.3, 0.4) is 0 Å².